The van der Waals surface area contributed by atoms with Crippen LogP contribution in [-0.2, 0) is 4.74 Å². The summed E-state index contributed by atoms with van der Waals surface area (Å²) < 4.78 is 30.3. The van der Waals surface area contributed by atoms with Crippen LogP contribution in [0.15, 0.2) is 10.8 Å². The monoisotopic (exact) mass is 405 g/mol. The molecule has 0 aliphatic rings. The van der Waals surface area contributed by atoms with E-state index in [1.54, 1.807) is 29.5 Å². The Morgan fingerprint density at radius 3 is 2.81 bits per heavy atom. The Bertz CT molecular complexity index is 415. The molecule has 1 heterocycles. The van der Waals surface area contributed by atoms with E-state index < -0.39 is 12.4 Å². The lowest BCUT2D eigenvalue weighted by Gasteiger charge is -2.09. The Hall–Kier alpha value is -0.310. The highest BCUT2D eigenvalue weighted by molar-refractivity contribution is 14.1. The molecule has 0 atom stereocenters. The van der Waals surface area contributed by atoms with Gasteiger partial charge in [0, 0.05) is 9.77 Å². The molecule has 0 aliphatic carbocycles. The van der Waals surface area contributed by atoms with Gasteiger partial charge in [0.2, 0.25) is 0 Å². The minimum absolute atomic E-state index is 0.0416. The molecule has 0 saturated heterocycles. The van der Waals surface area contributed by atoms with Crippen LogP contribution in [0.3, 0.4) is 0 Å². The average Bonchev–Trinajstić information content (AvgIpc) is 2.17. The van der Waals surface area contributed by atoms with Crippen LogP contribution in [0.4, 0.5) is 8.78 Å². The predicted octanol–water partition coefficient (Wildman–Crippen LogP) is 3.56. The van der Waals surface area contributed by atoms with Crippen LogP contribution in [0.5, 0.6) is 0 Å². The SMILES string of the molecule is CCOC(=O)c1cnc(Br)c(C(F)F)c1I. The zero-order valence-corrected chi connectivity index (χ0v) is 11.9. The van der Waals surface area contributed by atoms with Crippen molar-refractivity contribution in [3.05, 3.63) is 25.5 Å². The summed E-state index contributed by atoms with van der Waals surface area (Å²) in [5.74, 6) is -0.645. The molecular formula is C9H7BrF2INO2. The third-order valence-corrected chi connectivity index (χ3v) is 3.51. The van der Waals surface area contributed by atoms with Gasteiger partial charge in [0.15, 0.2) is 0 Å². The molecule has 1 aromatic heterocycles. The van der Waals surface area contributed by atoms with Crippen LogP contribution in [0, 0.1) is 3.57 Å². The third-order valence-electron chi connectivity index (χ3n) is 1.72. The van der Waals surface area contributed by atoms with Crippen molar-refractivity contribution in [1.29, 1.82) is 0 Å². The summed E-state index contributed by atoms with van der Waals surface area (Å²) in [5.41, 5.74) is -0.230. The average molecular weight is 406 g/mol. The molecule has 88 valence electrons. The molecule has 7 heteroatoms. The zero-order chi connectivity index (χ0) is 12.3. The molecule has 0 amide bonds. The molecule has 0 unspecified atom stereocenters. The topological polar surface area (TPSA) is 39.2 Å². The zero-order valence-electron chi connectivity index (χ0n) is 8.14. The number of rotatable bonds is 3. The van der Waals surface area contributed by atoms with E-state index in [0.717, 1.165) is 0 Å². The lowest BCUT2D eigenvalue weighted by Crippen LogP contribution is -2.10. The fourth-order valence-corrected chi connectivity index (χ4v) is 2.71. The maximum atomic E-state index is 12.7. The van der Waals surface area contributed by atoms with Gasteiger partial charge in [-0.3, -0.25) is 0 Å². The van der Waals surface area contributed by atoms with Crippen LogP contribution in [0.25, 0.3) is 0 Å². The third kappa shape index (κ3) is 2.88. The second-order valence-electron chi connectivity index (χ2n) is 2.71. The number of nitrogens with zero attached hydrogens (tertiary/aromatic N) is 1. The first-order chi connectivity index (χ1) is 7.49. The van der Waals surface area contributed by atoms with Gasteiger partial charge in [-0.25, -0.2) is 18.6 Å². The lowest BCUT2D eigenvalue weighted by atomic mass is 10.2. The van der Waals surface area contributed by atoms with Crippen molar-refractivity contribution in [2.45, 2.75) is 13.3 Å². The molecule has 0 saturated carbocycles. The Balaban J connectivity index is 3.23. The first kappa shape index (κ1) is 13.8. The summed E-state index contributed by atoms with van der Waals surface area (Å²) in [5, 5.41) is 0. The molecule has 3 nitrogen and oxygen atoms in total. The van der Waals surface area contributed by atoms with Crippen LogP contribution in [0.2, 0.25) is 0 Å². The number of carbonyl (C=O) groups excluding carboxylic acids is 1. The highest BCUT2D eigenvalue weighted by Crippen LogP contribution is 2.32. The molecule has 0 N–H and O–H groups in total. The van der Waals surface area contributed by atoms with Crippen LogP contribution >= 0.6 is 38.5 Å². The van der Waals surface area contributed by atoms with Gasteiger partial charge in [-0.2, -0.15) is 0 Å². The first-order valence-electron chi connectivity index (χ1n) is 4.28. The van der Waals surface area contributed by atoms with Gasteiger partial charge in [0.05, 0.1) is 17.7 Å². The Kier molecular flexibility index (Phi) is 5.03. The van der Waals surface area contributed by atoms with E-state index in [9.17, 15) is 13.6 Å². The van der Waals surface area contributed by atoms with Gasteiger partial charge in [0.25, 0.3) is 6.43 Å². The minimum atomic E-state index is -2.69. The molecule has 0 radical (unpaired) electrons. The molecule has 0 fully saturated rings. The van der Waals surface area contributed by atoms with Crippen molar-refractivity contribution >= 4 is 44.5 Å². The minimum Gasteiger partial charge on any atom is -0.462 e. The van der Waals surface area contributed by atoms with Crippen molar-refractivity contribution in [1.82, 2.24) is 4.98 Å². The summed E-state index contributed by atoms with van der Waals surface area (Å²) in [6, 6.07) is 0. The number of pyridine rings is 1. The van der Waals surface area contributed by atoms with Gasteiger partial charge in [-0.05, 0) is 45.4 Å². The normalized spacial score (nSPS) is 10.6. The van der Waals surface area contributed by atoms with E-state index >= 15 is 0 Å². The largest absolute Gasteiger partial charge is 0.462 e. The van der Waals surface area contributed by atoms with E-state index in [4.69, 9.17) is 4.74 Å². The van der Waals surface area contributed by atoms with E-state index in [1.165, 1.54) is 6.20 Å². The molecule has 0 aliphatic heterocycles. The molecule has 0 aromatic carbocycles. The number of ether oxygens (including phenoxy) is 1. The van der Waals surface area contributed by atoms with Crippen molar-refractivity contribution < 1.29 is 18.3 Å². The number of halogens is 4. The molecule has 0 bridgehead atoms. The van der Waals surface area contributed by atoms with Crippen molar-refractivity contribution in [2.75, 3.05) is 6.61 Å². The number of carbonyl (C=O) groups is 1. The van der Waals surface area contributed by atoms with E-state index in [-0.39, 0.29) is 25.9 Å². The van der Waals surface area contributed by atoms with E-state index in [0.29, 0.717) is 0 Å². The second kappa shape index (κ2) is 5.85. The molecule has 0 spiro atoms. The number of hydrogen-bond acceptors (Lipinski definition) is 3. The lowest BCUT2D eigenvalue weighted by molar-refractivity contribution is 0.0524. The van der Waals surface area contributed by atoms with Crippen molar-refractivity contribution in [2.24, 2.45) is 0 Å². The van der Waals surface area contributed by atoms with Crippen LogP contribution < -0.4 is 0 Å². The number of alkyl halides is 2. The number of hydrogen-bond donors (Lipinski definition) is 0. The highest BCUT2D eigenvalue weighted by atomic mass is 127. The maximum absolute atomic E-state index is 12.7. The summed E-state index contributed by atoms with van der Waals surface area (Å²) in [4.78, 5) is 15.1. The smallest absolute Gasteiger partial charge is 0.340 e. The van der Waals surface area contributed by atoms with E-state index in [2.05, 4.69) is 20.9 Å². The van der Waals surface area contributed by atoms with Gasteiger partial charge in [0.1, 0.15) is 4.60 Å². The standard InChI is InChI=1S/C9H7BrF2INO2/c1-2-16-9(15)4-3-14-7(10)5(6(4)13)8(11)12/h3,8H,2H2,1H3. The van der Waals surface area contributed by atoms with Crippen LogP contribution in [0.1, 0.15) is 29.3 Å². The van der Waals surface area contributed by atoms with Gasteiger partial charge in [-0.1, -0.05) is 0 Å². The second-order valence-corrected chi connectivity index (χ2v) is 4.54. The summed E-state index contributed by atoms with van der Waals surface area (Å²) in [6.07, 6.45) is -1.47. The maximum Gasteiger partial charge on any atom is 0.340 e. The van der Waals surface area contributed by atoms with Gasteiger partial charge in [-0.15, -0.1) is 0 Å². The number of esters is 1. The van der Waals surface area contributed by atoms with Crippen LogP contribution in [-0.4, -0.2) is 17.6 Å². The molecule has 16 heavy (non-hydrogen) atoms. The Labute approximate surface area is 113 Å². The quantitative estimate of drug-likeness (QED) is 0.438. The van der Waals surface area contributed by atoms with Gasteiger partial charge < -0.3 is 4.74 Å². The number of aromatic nitrogens is 1. The van der Waals surface area contributed by atoms with Crippen molar-refractivity contribution in [3.8, 4) is 0 Å². The Morgan fingerprint density at radius 2 is 2.31 bits per heavy atom. The molecule has 1 aromatic rings. The highest BCUT2D eigenvalue weighted by Gasteiger charge is 2.23. The van der Waals surface area contributed by atoms with Gasteiger partial charge >= 0.3 is 5.97 Å². The fourth-order valence-electron chi connectivity index (χ4n) is 1.02. The first-order valence-corrected chi connectivity index (χ1v) is 6.15. The summed E-state index contributed by atoms with van der Waals surface area (Å²) in [6.45, 7) is 1.83. The van der Waals surface area contributed by atoms with E-state index in [1.807, 2.05) is 0 Å². The summed E-state index contributed by atoms with van der Waals surface area (Å²) in [7, 11) is 0. The predicted molar refractivity (Wildman–Crippen MR) is 65.6 cm³/mol. The van der Waals surface area contributed by atoms with Crippen molar-refractivity contribution in [3.63, 3.8) is 0 Å². The summed E-state index contributed by atoms with van der Waals surface area (Å²) >= 11 is 4.61. The molecule has 1 rings (SSSR count). The molecular weight excluding hydrogens is 399 g/mol. The Morgan fingerprint density at radius 1 is 1.69 bits per heavy atom. The fraction of sp³-hybridized carbons (Fsp3) is 0.333.